The highest BCUT2D eigenvalue weighted by Crippen LogP contribution is 2.22. The molecule has 0 spiro atoms. The maximum absolute atomic E-state index is 13.4. The number of hydrogen-bond acceptors (Lipinski definition) is 4. The minimum atomic E-state index is -0.678. The lowest BCUT2D eigenvalue weighted by Gasteiger charge is -2.03. The van der Waals surface area contributed by atoms with Crippen LogP contribution in [0.3, 0.4) is 0 Å². The summed E-state index contributed by atoms with van der Waals surface area (Å²) >= 11 is 1.46. The maximum atomic E-state index is 13.4. The highest BCUT2D eigenvalue weighted by Gasteiger charge is 2.13. The van der Waals surface area contributed by atoms with Crippen molar-refractivity contribution >= 4 is 27.5 Å². The Hall–Kier alpha value is -2.27. The Morgan fingerprint density at radius 1 is 1.15 bits per heavy atom. The Labute approximate surface area is 118 Å². The molecule has 0 bridgehead atoms. The van der Waals surface area contributed by atoms with Crippen molar-refractivity contribution in [3.05, 3.63) is 64.9 Å². The topological polar surface area (TPSA) is 39.2 Å². The van der Waals surface area contributed by atoms with Gasteiger partial charge in [-0.05, 0) is 24.3 Å². The summed E-state index contributed by atoms with van der Waals surface area (Å²) in [5.41, 5.74) is 0.808. The van der Waals surface area contributed by atoms with Crippen molar-refractivity contribution in [1.29, 1.82) is 0 Å². The van der Waals surface area contributed by atoms with Crippen LogP contribution >= 0.6 is 11.3 Å². The van der Waals surface area contributed by atoms with Gasteiger partial charge in [-0.1, -0.05) is 24.3 Å². The SMILES string of the molecule is O=C(OCc1nc2ccccc2s1)c1ccccc1F. The van der Waals surface area contributed by atoms with Crippen molar-refractivity contribution in [2.45, 2.75) is 6.61 Å². The number of thiazole rings is 1. The Kier molecular flexibility index (Phi) is 3.43. The number of aromatic nitrogens is 1. The summed E-state index contributed by atoms with van der Waals surface area (Å²) < 4.78 is 19.5. The lowest BCUT2D eigenvalue weighted by molar-refractivity contribution is 0.0467. The van der Waals surface area contributed by atoms with Gasteiger partial charge in [0.25, 0.3) is 0 Å². The number of fused-ring (bicyclic) bond motifs is 1. The normalized spacial score (nSPS) is 10.7. The van der Waals surface area contributed by atoms with Crippen molar-refractivity contribution in [2.24, 2.45) is 0 Å². The van der Waals surface area contributed by atoms with Gasteiger partial charge in [0.05, 0.1) is 15.8 Å². The summed E-state index contributed by atoms with van der Waals surface area (Å²) in [5.74, 6) is -1.26. The molecule has 3 rings (SSSR count). The molecule has 0 aliphatic rings. The van der Waals surface area contributed by atoms with Gasteiger partial charge in [0.1, 0.15) is 17.4 Å². The van der Waals surface area contributed by atoms with E-state index in [9.17, 15) is 9.18 Å². The highest BCUT2D eigenvalue weighted by atomic mass is 32.1. The molecule has 1 aromatic heterocycles. The van der Waals surface area contributed by atoms with Crippen molar-refractivity contribution in [3.8, 4) is 0 Å². The van der Waals surface area contributed by atoms with E-state index in [-0.39, 0.29) is 12.2 Å². The largest absolute Gasteiger partial charge is 0.455 e. The Balaban J connectivity index is 1.73. The second-order valence-electron chi connectivity index (χ2n) is 4.13. The molecule has 3 nitrogen and oxygen atoms in total. The standard InChI is InChI=1S/C15H10FNO2S/c16-11-6-2-1-5-10(11)15(18)19-9-14-17-12-7-3-4-8-13(12)20-14/h1-8H,9H2. The van der Waals surface area contributed by atoms with E-state index < -0.39 is 11.8 Å². The van der Waals surface area contributed by atoms with Gasteiger partial charge < -0.3 is 4.74 Å². The summed E-state index contributed by atoms with van der Waals surface area (Å²) in [4.78, 5) is 16.1. The third-order valence-corrected chi connectivity index (χ3v) is 3.77. The number of carbonyl (C=O) groups excluding carboxylic acids is 1. The fourth-order valence-corrected chi connectivity index (χ4v) is 2.69. The van der Waals surface area contributed by atoms with E-state index in [1.165, 1.54) is 29.5 Å². The predicted octanol–water partition coefficient (Wildman–Crippen LogP) is 3.79. The summed E-state index contributed by atoms with van der Waals surface area (Å²) in [6.07, 6.45) is 0. The average molecular weight is 287 g/mol. The number of para-hydroxylation sites is 1. The fraction of sp³-hybridized carbons (Fsp3) is 0.0667. The van der Waals surface area contributed by atoms with Gasteiger partial charge in [0, 0.05) is 0 Å². The van der Waals surface area contributed by atoms with Crippen LogP contribution in [0.4, 0.5) is 4.39 Å². The van der Waals surface area contributed by atoms with Gasteiger partial charge in [0.15, 0.2) is 0 Å². The number of ether oxygens (including phenoxy) is 1. The lowest BCUT2D eigenvalue weighted by atomic mass is 10.2. The van der Waals surface area contributed by atoms with Crippen molar-refractivity contribution < 1.29 is 13.9 Å². The molecule has 1 heterocycles. The molecule has 0 unspecified atom stereocenters. The molecule has 0 aliphatic heterocycles. The monoisotopic (exact) mass is 287 g/mol. The average Bonchev–Trinajstić information content (AvgIpc) is 2.88. The number of rotatable bonds is 3. The number of esters is 1. The molecule has 2 aromatic carbocycles. The van der Waals surface area contributed by atoms with Crippen LogP contribution in [-0.4, -0.2) is 11.0 Å². The Bertz CT molecular complexity index is 736. The van der Waals surface area contributed by atoms with E-state index in [4.69, 9.17) is 4.74 Å². The van der Waals surface area contributed by atoms with Gasteiger partial charge in [0.2, 0.25) is 0 Å². The van der Waals surface area contributed by atoms with E-state index in [1.807, 2.05) is 24.3 Å². The van der Waals surface area contributed by atoms with Crippen LogP contribution in [0.1, 0.15) is 15.4 Å². The zero-order chi connectivity index (χ0) is 13.9. The molecule has 0 radical (unpaired) electrons. The molecule has 0 saturated carbocycles. The number of nitrogens with zero attached hydrogens (tertiary/aromatic N) is 1. The second-order valence-corrected chi connectivity index (χ2v) is 5.25. The smallest absolute Gasteiger partial charge is 0.341 e. The summed E-state index contributed by atoms with van der Waals surface area (Å²) in [6.45, 7) is 0.0481. The molecule has 100 valence electrons. The number of carbonyl (C=O) groups is 1. The molecule has 5 heteroatoms. The molecule has 0 saturated heterocycles. The van der Waals surface area contributed by atoms with Gasteiger partial charge >= 0.3 is 5.97 Å². The van der Waals surface area contributed by atoms with Gasteiger partial charge in [-0.2, -0.15) is 0 Å². The van der Waals surface area contributed by atoms with E-state index >= 15 is 0 Å². The number of benzene rings is 2. The maximum Gasteiger partial charge on any atom is 0.341 e. The molecule has 20 heavy (non-hydrogen) atoms. The molecule has 0 aliphatic carbocycles. The van der Waals surface area contributed by atoms with Gasteiger partial charge in [-0.3, -0.25) is 0 Å². The third kappa shape index (κ3) is 2.53. The molecule has 0 N–H and O–H groups in total. The predicted molar refractivity (Wildman–Crippen MR) is 75.1 cm³/mol. The van der Waals surface area contributed by atoms with Crippen LogP contribution in [0.15, 0.2) is 48.5 Å². The zero-order valence-electron chi connectivity index (χ0n) is 10.4. The first-order valence-corrected chi connectivity index (χ1v) is 6.82. The van der Waals surface area contributed by atoms with Crippen molar-refractivity contribution in [1.82, 2.24) is 4.98 Å². The first-order chi connectivity index (χ1) is 9.74. The van der Waals surface area contributed by atoms with Crippen LogP contribution in [-0.2, 0) is 11.3 Å². The van der Waals surface area contributed by atoms with Crippen LogP contribution in [0, 0.1) is 5.82 Å². The van der Waals surface area contributed by atoms with Gasteiger partial charge in [-0.25, -0.2) is 14.2 Å². The third-order valence-electron chi connectivity index (χ3n) is 2.76. The van der Waals surface area contributed by atoms with Gasteiger partial charge in [-0.15, -0.1) is 11.3 Å². The highest BCUT2D eigenvalue weighted by molar-refractivity contribution is 7.18. The molecule has 0 fully saturated rings. The quantitative estimate of drug-likeness (QED) is 0.688. The van der Waals surface area contributed by atoms with E-state index in [0.717, 1.165) is 10.2 Å². The van der Waals surface area contributed by atoms with E-state index in [1.54, 1.807) is 6.07 Å². The molecular weight excluding hydrogens is 277 g/mol. The second kappa shape index (κ2) is 5.38. The summed E-state index contributed by atoms with van der Waals surface area (Å²) in [5, 5.41) is 0.691. The van der Waals surface area contributed by atoms with Crippen LogP contribution in [0.2, 0.25) is 0 Å². The van der Waals surface area contributed by atoms with Crippen LogP contribution in [0.25, 0.3) is 10.2 Å². The first-order valence-electron chi connectivity index (χ1n) is 6.00. The summed E-state index contributed by atoms with van der Waals surface area (Å²) in [6, 6.07) is 13.4. The fourth-order valence-electron chi connectivity index (χ4n) is 1.81. The molecule has 3 aromatic rings. The first kappa shape index (κ1) is 12.7. The van der Waals surface area contributed by atoms with E-state index in [2.05, 4.69) is 4.98 Å². The summed E-state index contributed by atoms with van der Waals surface area (Å²) in [7, 11) is 0. The van der Waals surface area contributed by atoms with E-state index in [0.29, 0.717) is 5.01 Å². The minimum Gasteiger partial charge on any atom is -0.455 e. The molecular formula is C15H10FNO2S. The lowest BCUT2D eigenvalue weighted by Crippen LogP contribution is -2.07. The Morgan fingerprint density at radius 3 is 2.70 bits per heavy atom. The number of hydrogen-bond donors (Lipinski definition) is 0. The van der Waals surface area contributed by atoms with Crippen molar-refractivity contribution in [2.75, 3.05) is 0 Å². The zero-order valence-corrected chi connectivity index (χ0v) is 11.2. The minimum absolute atomic E-state index is 0.0481. The van der Waals surface area contributed by atoms with Crippen LogP contribution in [0.5, 0.6) is 0 Å². The molecule has 0 atom stereocenters. The Morgan fingerprint density at radius 2 is 1.90 bits per heavy atom. The molecule has 0 amide bonds. The van der Waals surface area contributed by atoms with Crippen LogP contribution < -0.4 is 0 Å². The number of halogens is 1. The van der Waals surface area contributed by atoms with Crippen molar-refractivity contribution in [3.63, 3.8) is 0 Å².